The number of primary amides is 1. The van der Waals surface area contributed by atoms with E-state index in [1.165, 1.54) is 3.57 Å². The first-order chi connectivity index (χ1) is 6.59. The Morgan fingerprint density at radius 1 is 1.50 bits per heavy atom. The number of benzene rings is 1. The highest BCUT2D eigenvalue weighted by Gasteiger charge is 2.06. The summed E-state index contributed by atoms with van der Waals surface area (Å²) in [6, 6.07) is 7.85. The van der Waals surface area contributed by atoms with Gasteiger partial charge in [0.2, 0.25) is 5.91 Å². The fraction of sp³-hybridized carbons (Fsp3) is 0.300. The molecular weight excluding hydrogens is 291 g/mol. The summed E-state index contributed by atoms with van der Waals surface area (Å²) in [7, 11) is 0. The molecule has 0 aliphatic heterocycles. The minimum atomic E-state index is -0.324. The molecule has 1 atom stereocenters. The summed E-state index contributed by atoms with van der Waals surface area (Å²) in [5.41, 5.74) is 6.27. The topological polar surface area (TPSA) is 55.1 Å². The Kier molecular flexibility index (Phi) is 4.34. The molecule has 0 aliphatic carbocycles. The SMILES string of the molecule is CC(NCc1ccc(I)cc1)C(N)=O. The minimum absolute atomic E-state index is 0.283. The van der Waals surface area contributed by atoms with E-state index in [4.69, 9.17) is 5.73 Å². The molecule has 1 aromatic rings. The van der Waals surface area contributed by atoms with E-state index in [2.05, 4.69) is 27.9 Å². The molecule has 3 N–H and O–H groups in total. The van der Waals surface area contributed by atoms with Crippen LogP contribution in [0.4, 0.5) is 0 Å². The highest BCUT2D eigenvalue weighted by Crippen LogP contribution is 2.06. The third-order valence-electron chi connectivity index (χ3n) is 1.95. The number of nitrogens with one attached hydrogen (secondary N) is 1. The van der Waals surface area contributed by atoms with Crippen LogP contribution in [0.3, 0.4) is 0 Å². The Bertz CT molecular complexity index is 310. The molecule has 0 heterocycles. The van der Waals surface area contributed by atoms with Gasteiger partial charge >= 0.3 is 0 Å². The van der Waals surface area contributed by atoms with Crippen LogP contribution in [0, 0.1) is 3.57 Å². The van der Waals surface area contributed by atoms with Crippen LogP contribution in [0.25, 0.3) is 0 Å². The number of carbonyl (C=O) groups excluding carboxylic acids is 1. The van der Waals surface area contributed by atoms with Crippen molar-refractivity contribution in [1.29, 1.82) is 0 Å². The van der Waals surface area contributed by atoms with Crippen molar-refractivity contribution >= 4 is 28.5 Å². The van der Waals surface area contributed by atoms with E-state index in [-0.39, 0.29) is 11.9 Å². The standard InChI is InChI=1S/C10H13IN2O/c1-7(10(12)14)13-6-8-2-4-9(11)5-3-8/h2-5,7,13H,6H2,1H3,(H2,12,14). The number of hydrogen-bond donors (Lipinski definition) is 2. The maximum Gasteiger partial charge on any atom is 0.234 e. The van der Waals surface area contributed by atoms with Crippen LogP contribution in [0.1, 0.15) is 12.5 Å². The molecule has 1 rings (SSSR count). The van der Waals surface area contributed by atoms with Gasteiger partial charge in [0.15, 0.2) is 0 Å². The highest BCUT2D eigenvalue weighted by molar-refractivity contribution is 14.1. The Labute approximate surface area is 97.2 Å². The van der Waals surface area contributed by atoms with Gasteiger partial charge in [0.05, 0.1) is 6.04 Å². The molecule has 0 fully saturated rings. The summed E-state index contributed by atoms with van der Waals surface area (Å²) in [6.07, 6.45) is 0. The molecule has 0 spiro atoms. The van der Waals surface area contributed by atoms with Crippen molar-refractivity contribution in [3.8, 4) is 0 Å². The van der Waals surface area contributed by atoms with Crippen LogP contribution in [-0.2, 0) is 11.3 Å². The second-order valence-corrected chi connectivity index (χ2v) is 4.38. The molecule has 0 aliphatic rings. The van der Waals surface area contributed by atoms with E-state index >= 15 is 0 Å². The largest absolute Gasteiger partial charge is 0.368 e. The molecule has 1 aromatic carbocycles. The lowest BCUT2D eigenvalue weighted by atomic mass is 10.2. The van der Waals surface area contributed by atoms with Crippen molar-refractivity contribution in [3.05, 3.63) is 33.4 Å². The van der Waals surface area contributed by atoms with E-state index < -0.39 is 0 Å². The second kappa shape index (κ2) is 5.31. The van der Waals surface area contributed by atoms with Gasteiger partial charge < -0.3 is 11.1 Å². The lowest BCUT2D eigenvalue weighted by Crippen LogP contribution is -2.38. The minimum Gasteiger partial charge on any atom is -0.368 e. The first-order valence-corrected chi connectivity index (χ1v) is 5.44. The Morgan fingerprint density at radius 2 is 2.07 bits per heavy atom. The number of carbonyl (C=O) groups is 1. The number of amides is 1. The smallest absolute Gasteiger partial charge is 0.234 e. The zero-order valence-corrected chi connectivity index (χ0v) is 10.1. The summed E-state index contributed by atoms with van der Waals surface area (Å²) in [6.45, 7) is 2.43. The third-order valence-corrected chi connectivity index (χ3v) is 2.67. The third kappa shape index (κ3) is 3.63. The molecule has 3 nitrogen and oxygen atoms in total. The zero-order valence-electron chi connectivity index (χ0n) is 7.96. The van der Waals surface area contributed by atoms with Gasteiger partial charge in [-0.3, -0.25) is 4.79 Å². The Morgan fingerprint density at radius 3 is 2.57 bits per heavy atom. The van der Waals surface area contributed by atoms with Gasteiger partial charge in [-0.15, -0.1) is 0 Å². The van der Waals surface area contributed by atoms with Gasteiger partial charge in [0, 0.05) is 10.1 Å². The van der Waals surface area contributed by atoms with Crippen molar-refractivity contribution < 1.29 is 4.79 Å². The van der Waals surface area contributed by atoms with E-state index in [9.17, 15) is 4.79 Å². The molecule has 0 radical (unpaired) electrons. The van der Waals surface area contributed by atoms with Gasteiger partial charge in [-0.2, -0.15) is 0 Å². The van der Waals surface area contributed by atoms with Crippen molar-refractivity contribution in [2.24, 2.45) is 5.73 Å². The number of hydrogen-bond acceptors (Lipinski definition) is 2. The molecule has 0 bridgehead atoms. The second-order valence-electron chi connectivity index (χ2n) is 3.13. The molecule has 0 saturated heterocycles. The summed E-state index contributed by atoms with van der Waals surface area (Å²) in [5.74, 6) is -0.324. The highest BCUT2D eigenvalue weighted by atomic mass is 127. The first kappa shape index (κ1) is 11.5. The fourth-order valence-corrected chi connectivity index (χ4v) is 1.33. The number of rotatable bonds is 4. The summed E-state index contributed by atoms with van der Waals surface area (Å²) < 4.78 is 1.20. The molecule has 76 valence electrons. The van der Waals surface area contributed by atoms with Gasteiger partial charge in [0.1, 0.15) is 0 Å². The molecule has 4 heteroatoms. The molecule has 0 aromatic heterocycles. The summed E-state index contributed by atoms with van der Waals surface area (Å²) in [5, 5.41) is 3.04. The van der Waals surface area contributed by atoms with Crippen molar-refractivity contribution in [1.82, 2.24) is 5.32 Å². The Hall–Kier alpha value is -0.620. The van der Waals surface area contributed by atoms with Crippen LogP contribution in [0.5, 0.6) is 0 Å². The van der Waals surface area contributed by atoms with Crippen molar-refractivity contribution in [3.63, 3.8) is 0 Å². The van der Waals surface area contributed by atoms with Crippen LogP contribution in [0.15, 0.2) is 24.3 Å². The van der Waals surface area contributed by atoms with E-state index in [0.717, 1.165) is 5.56 Å². The summed E-state index contributed by atoms with van der Waals surface area (Å²) >= 11 is 2.25. The number of nitrogens with two attached hydrogens (primary N) is 1. The average molecular weight is 304 g/mol. The quantitative estimate of drug-likeness (QED) is 0.823. The van der Waals surface area contributed by atoms with Gasteiger partial charge in [-0.25, -0.2) is 0 Å². The molecule has 1 amide bonds. The average Bonchev–Trinajstić information content (AvgIpc) is 2.16. The predicted octanol–water partition coefficient (Wildman–Crippen LogP) is 1.25. The monoisotopic (exact) mass is 304 g/mol. The summed E-state index contributed by atoms with van der Waals surface area (Å²) in [4.78, 5) is 10.7. The van der Waals surface area contributed by atoms with Crippen molar-refractivity contribution in [2.45, 2.75) is 19.5 Å². The Balaban J connectivity index is 2.46. The van der Waals surface area contributed by atoms with Crippen LogP contribution in [0.2, 0.25) is 0 Å². The van der Waals surface area contributed by atoms with Crippen LogP contribution >= 0.6 is 22.6 Å². The van der Waals surface area contributed by atoms with Gasteiger partial charge in [-0.05, 0) is 47.2 Å². The van der Waals surface area contributed by atoms with Crippen molar-refractivity contribution in [2.75, 3.05) is 0 Å². The molecule has 14 heavy (non-hydrogen) atoms. The predicted molar refractivity (Wildman–Crippen MR) is 64.7 cm³/mol. The van der Waals surface area contributed by atoms with E-state index in [1.807, 2.05) is 24.3 Å². The maximum absolute atomic E-state index is 10.7. The van der Waals surface area contributed by atoms with E-state index in [1.54, 1.807) is 6.92 Å². The zero-order chi connectivity index (χ0) is 10.6. The van der Waals surface area contributed by atoms with Gasteiger partial charge in [0.25, 0.3) is 0 Å². The molecule has 1 unspecified atom stereocenters. The maximum atomic E-state index is 10.7. The first-order valence-electron chi connectivity index (χ1n) is 4.36. The molecule has 0 saturated carbocycles. The fourth-order valence-electron chi connectivity index (χ4n) is 0.974. The number of halogens is 1. The lowest BCUT2D eigenvalue weighted by Gasteiger charge is -2.09. The van der Waals surface area contributed by atoms with E-state index in [0.29, 0.717) is 6.54 Å². The van der Waals surface area contributed by atoms with Gasteiger partial charge in [-0.1, -0.05) is 12.1 Å². The normalized spacial score (nSPS) is 12.4. The van der Waals surface area contributed by atoms with Crippen LogP contribution in [-0.4, -0.2) is 11.9 Å². The lowest BCUT2D eigenvalue weighted by molar-refractivity contribution is -0.119. The molecular formula is C10H13IN2O. The van der Waals surface area contributed by atoms with Crippen LogP contribution < -0.4 is 11.1 Å².